The van der Waals surface area contributed by atoms with Gasteiger partial charge in [0.05, 0.1) is 12.1 Å². The molecule has 4 aromatic rings. The van der Waals surface area contributed by atoms with Gasteiger partial charge in [0, 0.05) is 19.6 Å². The van der Waals surface area contributed by atoms with Crippen molar-refractivity contribution in [2.24, 2.45) is 0 Å². The van der Waals surface area contributed by atoms with Gasteiger partial charge in [-0.1, -0.05) is 54.1 Å². The van der Waals surface area contributed by atoms with Gasteiger partial charge in [0.2, 0.25) is 0 Å². The third kappa shape index (κ3) is 7.54. The van der Waals surface area contributed by atoms with Crippen molar-refractivity contribution in [3.8, 4) is 0 Å². The SMILES string of the molecule is Cc1ccc(CN(Cc2cccc(F)c2)Cc2ccc(C(=O)NCc3cccc(C(F)(F)F)c3)o2)cc1. The van der Waals surface area contributed by atoms with E-state index >= 15 is 0 Å². The lowest BCUT2D eigenvalue weighted by Crippen LogP contribution is -2.23. The molecule has 0 atom stereocenters. The summed E-state index contributed by atoms with van der Waals surface area (Å²) in [5.41, 5.74) is 2.58. The van der Waals surface area contributed by atoms with E-state index in [-0.39, 0.29) is 18.1 Å². The molecule has 0 fully saturated rings. The van der Waals surface area contributed by atoms with Gasteiger partial charge in [0.15, 0.2) is 5.76 Å². The zero-order valence-corrected chi connectivity index (χ0v) is 20.2. The van der Waals surface area contributed by atoms with Gasteiger partial charge in [0.1, 0.15) is 11.6 Å². The van der Waals surface area contributed by atoms with Crippen molar-refractivity contribution in [2.75, 3.05) is 0 Å². The molecule has 1 amide bonds. The van der Waals surface area contributed by atoms with E-state index < -0.39 is 17.6 Å². The number of benzene rings is 3. The zero-order valence-electron chi connectivity index (χ0n) is 20.2. The normalized spacial score (nSPS) is 11.6. The summed E-state index contributed by atoms with van der Waals surface area (Å²) in [4.78, 5) is 14.6. The minimum Gasteiger partial charge on any atom is -0.455 e. The molecule has 37 heavy (non-hydrogen) atoms. The van der Waals surface area contributed by atoms with Crippen LogP contribution in [0.25, 0.3) is 0 Å². The van der Waals surface area contributed by atoms with Crippen LogP contribution in [0.15, 0.2) is 89.3 Å². The van der Waals surface area contributed by atoms with Crippen molar-refractivity contribution >= 4 is 5.91 Å². The van der Waals surface area contributed by atoms with E-state index in [0.29, 0.717) is 31.0 Å². The second-order valence-corrected chi connectivity index (χ2v) is 8.91. The molecule has 1 aromatic heterocycles. The van der Waals surface area contributed by atoms with E-state index in [4.69, 9.17) is 4.42 Å². The predicted molar refractivity (Wildman–Crippen MR) is 132 cm³/mol. The molecule has 3 aromatic carbocycles. The molecule has 4 rings (SSSR count). The van der Waals surface area contributed by atoms with Crippen LogP contribution in [-0.2, 0) is 32.4 Å². The summed E-state index contributed by atoms with van der Waals surface area (Å²) in [6.07, 6.45) is -4.45. The maximum absolute atomic E-state index is 13.7. The van der Waals surface area contributed by atoms with Gasteiger partial charge in [0.25, 0.3) is 5.91 Å². The van der Waals surface area contributed by atoms with Gasteiger partial charge in [-0.25, -0.2) is 4.39 Å². The number of rotatable bonds is 9. The van der Waals surface area contributed by atoms with Crippen LogP contribution in [0.3, 0.4) is 0 Å². The lowest BCUT2D eigenvalue weighted by molar-refractivity contribution is -0.137. The first kappa shape index (κ1) is 26.2. The maximum atomic E-state index is 13.7. The lowest BCUT2D eigenvalue weighted by Gasteiger charge is -2.22. The molecule has 1 heterocycles. The average molecular weight is 511 g/mol. The number of amides is 1. The minimum atomic E-state index is -4.45. The van der Waals surface area contributed by atoms with Gasteiger partial charge in [-0.15, -0.1) is 0 Å². The molecule has 1 N–H and O–H groups in total. The molecule has 0 bridgehead atoms. The number of aryl methyl sites for hydroxylation is 1. The molecule has 0 aliphatic heterocycles. The topological polar surface area (TPSA) is 45.5 Å². The molecule has 0 saturated carbocycles. The van der Waals surface area contributed by atoms with Crippen LogP contribution in [0.2, 0.25) is 0 Å². The summed E-state index contributed by atoms with van der Waals surface area (Å²) < 4.78 is 58.3. The maximum Gasteiger partial charge on any atom is 0.416 e. The first-order chi connectivity index (χ1) is 17.7. The molecule has 0 aliphatic carbocycles. The fraction of sp³-hybridized carbons (Fsp3) is 0.207. The van der Waals surface area contributed by atoms with Crippen LogP contribution >= 0.6 is 0 Å². The summed E-state index contributed by atoms with van der Waals surface area (Å²) in [6.45, 7) is 3.35. The van der Waals surface area contributed by atoms with Crippen molar-refractivity contribution in [3.63, 3.8) is 0 Å². The zero-order chi connectivity index (χ0) is 26.4. The third-order valence-corrected chi connectivity index (χ3v) is 5.79. The highest BCUT2D eigenvalue weighted by molar-refractivity contribution is 5.91. The van der Waals surface area contributed by atoms with Crippen LogP contribution < -0.4 is 5.32 Å². The Morgan fingerprint density at radius 2 is 1.54 bits per heavy atom. The molecule has 4 nitrogen and oxygen atoms in total. The molecule has 0 spiro atoms. The third-order valence-electron chi connectivity index (χ3n) is 5.79. The number of alkyl halides is 3. The first-order valence-electron chi connectivity index (χ1n) is 11.7. The number of furan rings is 1. The highest BCUT2D eigenvalue weighted by Crippen LogP contribution is 2.29. The molecular weight excluding hydrogens is 484 g/mol. The highest BCUT2D eigenvalue weighted by atomic mass is 19.4. The lowest BCUT2D eigenvalue weighted by atomic mass is 10.1. The smallest absolute Gasteiger partial charge is 0.416 e. The molecule has 192 valence electrons. The largest absolute Gasteiger partial charge is 0.455 e. The van der Waals surface area contributed by atoms with Crippen molar-refractivity contribution in [3.05, 3.63) is 130 Å². The number of nitrogens with zero attached hydrogens (tertiary/aromatic N) is 1. The average Bonchev–Trinajstić information content (AvgIpc) is 3.32. The Morgan fingerprint density at radius 1 is 0.838 bits per heavy atom. The van der Waals surface area contributed by atoms with Crippen molar-refractivity contribution < 1.29 is 26.8 Å². The van der Waals surface area contributed by atoms with E-state index in [1.54, 1.807) is 12.1 Å². The van der Waals surface area contributed by atoms with Gasteiger partial charge in [-0.3, -0.25) is 9.69 Å². The summed E-state index contributed by atoms with van der Waals surface area (Å²) in [6, 6.07) is 22.5. The number of hydrogen-bond donors (Lipinski definition) is 1. The fourth-order valence-electron chi connectivity index (χ4n) is 3.95. The fourth-order valence-corrected chi connectivity index (χ4v) is 3.95. The Labute approximate surface area is 212 Å². The Bertz CT molecular complexity index is 1350. The molecule has 0 unspecified atom stereocenters. The second kappa shape index (κ2) is 11.4. The van der Waals surface area contributed by atoms with E-state index in [1.165, 1.54) is 30.3 Å². The van der Waals surface area contributed by atoms with Crippen molar-refractivity contribution in [2.45, 2.75) is 39.3 Å². The Balaban J connectivity index is 1.42. The van der Waals surface area contributed by atoms with E-state index in [1.807, 2.05) is 37.3 Å². The van der Waals surface area contributed by atoms with Crippen molar-refractivity contribution in [1.82, 2.24) is 10.2 Å². The number of carbonyl (C=O) groups is 1. The summed E-state index contributed by atoms with van der Waals surface area (Å²) in [7, 11) is 0. The van der Waals surface area contributed by atoms with Crippen LogP contribution in [0.1, 0.15) is 44.1 Å². The molecule has 0 aliphatic rings. The number of carbonyl (C=O) groups excluding carboxylic acids is 1. The quantitative estimate of drug-likeness (QED) is 0.250. The van der Waals surface area contributed by atoms with Gasteiger partial charge >= 0.3 is 6.18 Å². The summed E-state index contributed by atoms with van der Waals surface area (Å²) in [5, 5.41) is 2.60. The number of nitrogens with one attached hydrogen (secondary N) is 1. The molecule has 0 radical (unpaired) electrons. The summed E-state index contributed by atoms with van der Waals surface area (Å²) in [5.74, 6) is -0.250. The standard InChI is InChI=1S/C29H26F4N2O2/c1-20-8-10-21(11-9-20)17-35(18-23-5-3-7-25(30)15-23)19-26-12-13-27(37-26)28(36)34-16-22-4-2-6-24(14-22)29(31,32)33/h2-15H,16-19H2,1H3,(H,34,36). The Kier molecular flexibility index (Phi) is 8.08. The van der Waals surface area contributed by atoms with Crippen LogP contribution in [0.4, 0.5) is 17.6 Å². The van der Waals surface area contributed by atoms with Crippen LogP contribution in [0, 0.1) is 12.7 Å². The van der Waals surface area contributed by atoms with Gasteiger partial charge in [-0.05, 0) is 60.0 Å². The monoisotopic (exact) mass is 510 g/mol. The van der Waals surface area contributed by atoms with Crippen LogP contribution in [-0.4, -0.2) is 10.8 Å². The van der Waals surface area contributed by atoms with Crippen molar-refractivity contribution in [1.29, 1.82) is 0 Å². The molecule has 0 saturated heterocycles. The van der Waals surface area contributed by atoms with Gasteiger partial charge < -0.3 is 9.73 Å². The van der Waals surface area contributed by atoms with E-state index in [2.05, 4.69) is 10.2 Å². The highest BCUT2D eigenvalue weighted by Gasteiger charge is 2.30. The Morgan fingerprint density at radius 3 is 2.27 bits per heavy atom. The first-order valence-corrected chi connectivity index (χ1v) is 11.7. The summed E-state index contributed by atoms with van der Waals surface area (Å²) >= 11 is 0. The number of halogens is 4. The van der Waals surface area contributed by atoms with Crippen LogP contribution in [0.5, 0.6) is 0 Å². The van der Waals surface area contributed by atoms with E-state index in [9.17, 15) is 22.4 Å². The van der Waals surface area contributed by atoms with E-state index in [0.717, 1.165) is 28.8 Å². The Hall–Kier alpha value is -3.91. The number of hydrogen-bond acceptors (Lipinski definition) is 3. The second-order valence-electron chi connectivity index (χ2n) is 8.91. The molecule has 8 heteroatoms. The van der Waals surface area contributed by atoms with Gasteiger partial charge in [-0.2, -0.15) is 13.2 Å². The predicted octanol–water partition coefficient (Wildman–Crippen LogP) is 6.88. The molecular formula is C29H26F4N2O2. The minimum absolute atomic E-state index is 0.0583.